The van der Waals surface area contributed by atoms with Crippen LogP contribution in [0.5, 0.6) is 0 Å². The van der Waals surface area contributed by atoms with Crippen molar-refractivity contribution in [1.82, 2.24) is 9.88 Å². The van der Waals surface area contributed by atoms with E-state index in [0.29, 0.717) is 6.04 Å². The molecule has 5 heteroatoms. The van der Waals surface area contributed by atoms with Gasteiger partial charge >= 0.3 is 5.97 Å². The van der Waals surface area contributed by atoms with Gasteiger partial charge in [0, 0.05) is 11.6 Å². The molecule has 1 atom stereocenters. The molecule has 0 aromatic carbocycles. The van der Waals surface area contributed by atoms with Crippen LogP contribution in [0.15, 0.2) is 11.6 Å². The molecular weight excluding hydrogens is 260 g/mol. The average molecular weight is 282 g/mol. The number of carboxylic acid groups (broad SMARTS) is 1. The van der Waals surface area contributed by atoms with E-state index in [1.54, 1.807) is 11.3 Å². The Bertz CT molecular complexity index is 411. The van der Waals surface area contributed by atoms with Crippen molar-refractivity contribution in [2.45, 2.75) is 45.6 Å². The Hall–Kier alpha value is -0.940. The second kappa shape index (κ2) is 6.01. The lowest BCUT2D eigenvalue weighted by atomic mass is 9.75. The van der Waals surface area contributed by atoms with Crippen LogP contribution in [0.1, 0.15) is 50.6 Å². The summed E-state index contributed by atoms with van der Waals surface area (Å²) in [6.07, 6.45) is 5.08. The fourth-order valence-electron chi connectivity index (χ4n) is 2.99. The summed E-state index contributed by atoms with van der Waals surface area (Å²) in [6.45, 7) is 5.93. The number of likely N-dealkylation sites (tertiary alicyclic amines) is 1. The molecule has 1 fully saturated rings. The van der Waals surface area contributed by atoms with Crippen LogP contribution in [0, 0.1) is 5.41 Å². The van der Waals surface area contributed by atoms with Gasteiger partial charge in [-0.15, -0.1) is 11.3 Å². The maximum Gasteiger partial charge on any atom is 0.309 e. The monoisotopic (exact) mass is 282 g/mol. The number of aromatic nitrogens is 1. The molecule has 1 saturated heterocycles. The second-order valence-electron chi connectivity index (χ2n) is 5.42. The summed E-state index contributed by atoms with van der Waals surface area (Å²) in [7, 11) is 0. The van der Waals surface area contributed by atoms with Crippen LogP contribution < -0.4 is 0 Å². The van der Waals surface area contributed by atoms with Gasteiger partial charge in [0.25, 0.3) is 0 Å². The van der Waals surface area contributed by atoms with E-state index in [2.05, 4.69) is 23.7 Å². The van der Waals surface area contributed by atoms with E-state index in [1.807, 2.05) is 11.6 Å². The molecular formula is C14H22N2O2S. The largest absolute Gasteiger partial charge is 0.481 e. The summed E-state index contributed by atoms with van der Waals surface area (Å²) in [4.78, 5) is 18.3. The number of thiazole rings is 1. The molecule has 1 aliphatic rings. The standard InChI is InChI=1S/C14H22N2O2S/c1-3-4-14(13(17)18)5-8-16(9-6-14)11(2)12-15-7-10-19-12/h7,10-11H,3-6,8-9H2,1-2H3,(H,17,18). The summed E-state index contributed by atoms with van der Waals surface area (Å²) in [6, 6.07) is 0.299. The first-order chi connectivity index (χ1) is 9.09. The van der Waals surface area contributed by atoms with Crippen molar-refractivity contribution in [1.29, 1.82) is 0 Å². The van der Waals surface area contributed by atoms with Crippen molar-refractivity contribution in [3.05, 3.63) is 16.6 Å². The zero-order valence-electron chi connectivity index (χ0n) is 11.6. The molecule has 106 valence electrons. The number of carbonyl (C=O) groups is 1. The molecule has 2 rings (SSSR count). The van der Waals surface area contributed by atoms with E-state index in [1.165, 1.54) is 0 Å². The number of hydrogen-bond donors (Lipinski definition) is 1. The van der Waals surface area contributed by atoms with Gasteiger partial charge < -0.3 is 5.11 Å². The van der Waals surface area contributed by atoms with Gasteiger partial charge in [0.1, 0.15) is 5.01 Å². The van der Waals surface area contributed by atoms with Gasteiger partial charge in [-0.25, -0.2) is 4.98 Å². The maximum atomic E-state index is 11.5. The molecule has 1 unspecified atom stereocenters. The number of nitrogens with zero attached hydrogens (tertiary/aromatic N) is 2. The average Bonchev–Trinajstić information content (AvgIpc) is 2.93. The maximum absolute atomic E-state index is 11.5. The van der Waals surface area contributed by atoms with Gasteiger partial charge in [0.05, 0.1) is 11.5 Å². The predicted molar refractivity (Wildman–Crippen MR) is 76.3 cm³/mol. The first-order valence-electron chi connectivity index (χ1n) is 6.96. The van der Waals surface area contributed by atoms with Gasteiger partial charge in [0.2, 0.25) is 0 Å². The van der Waals surface area contributed by atoms with Crippen LogP contribution >= 0.6 is 11.3 Å². The topological polar surface area (TPSA) is 53.4 Å². The number of rotatable bonds is 5. The highest BCUT2D eigenvalue weighted by Crippen LogP contribution is 2.38. The summed E-state index contributed by atoms with van der Waals surface area (Å²) in [5.41, 5.74) is -0.492. The molecule has 1 aliphatic heterocycles. The van der Waals surface area contributed by atoms with Crippen molar-refractivity contribution >= 4 is 17.3 Å². The molecule has 19 heavy (non-hydrogen) atoms. The number of hydrogen-bond acceptors (Lipinski definition) is 4. The van der Waals surface area contributed by atoms with Crippen LogP contribution in [0.4, 0.5) is 0 Å². The zero-order valence-corrected chi connectivity index (χ0v) is 12.4. The lowest BCUT2D eigenvalue weighted by molar-refractivity contribution is -0.153. The number of piperidine rings is 1. The zero-order chi connectivity index (χ0) is 13.9. The van der Waals surface area contributed by atoms with E-state index in [-0.39, 0.29) is 0 Å². The molecule has 0 spiro atoms. The Morgan fingerprint density at radius 3 is 2.74 bits per heavy atom. The summed E-state index contributed by atoms with van der Waals surface area (Å²) < 4.78 is 0. The quantitative estimate of drug-likeness (QED) is 0.901. The predicted octanol–water partition coefficient (Wildman–Crippen LogP) is 3.17. The Balaban J connectivity index is 2.00. The second-order valence-corrected chi connectivity index (χ2v) is 6.34. The highest BCUT2D eigenvalue weighted by atomic mass is 32.1. The van der Waals surface area contributed by atoms with E-state index in [0.717, 1.165) is 43.8 Å². The first-order valence-corrected chi connectivity index (χ1v) is 7.84. The van der Waals surface area contributed by atoms with Crippen LogP contribution in [0.3, 0.4) is 0 Å². The third-order valence-electron chi connectivity index (χ3n) is 4.29. The molecule has 1 N–H and O–H groups in total. The van der Waals surface area contributed by atoms with Crippen LogP contribution in [0.2, 0.25) is 0 Å². The molecule has 1 aromatic heterocycles. The highest BCUT2D eigenvalue weighted by molar-refractivity contribution is 7.09. The summed E-state index contributed by atoms with van der Waals surface area (Å²) in [5.74, 6) is -0.615. The smallest absolute Gasteiger partial charge is 0.309 e. The molecule has 1 aromatic rings. The van der Waals surface area contributed by atoms with Gasteiger partial charge in [-0.05, 0) is 39.3 Å². The van der Waals surface area contributed by atoms with Gasteiger partial charge in [-0.2, -0.15) is 0 Å². The van der Waals surface area contributed by atoms with Gasteiger partial charge in [-0.1, -0.05) is 13.3 Å². The summed E-state index contributed by atoms with van der Waals surface area (Å²) >= 11 is 1.67. The normalized spacial score (nSPS) is 21.2. The van der Waals surface area contributed by atoms with Crippen LogP contribution in [0.25, 0.3) is 0 Å². The molecule has 2 heterocycles. The molecule has 0 radical (unpaired) electrons. The van der Waals surface area contributed by atoms with Crippen molar-refractivity contribution in [2.24, 2.45) is 5.41 Å². The summed E-state index contributed by atoms with van der Waals surface area (Å²) in [5, 5.41) is 12.6. The molecule has 0 aliphatic carbocycles. The Kier molecular flexibility index (Phi) is 4.58. The number of carboxylic acids is 1. The fraction of sp³-hybridized carbons (Fsp3) is 0.714. The third-order valence-corrected chi connectivity index (χ3v) is 5.24. The minimum Gasteiger partial charge on any atom is -0.481 e. The van der Waals surface area contributed by atoms with E-state index >= 15 is 0 Å². The fourth-order valence-corrected chi connectivity index (χ4v) is 3.71. The number of aliphatic carboxylic acids is 1. The van der Waals surface area contributed by atoms with E-state index in [4.69, 9.17) is 0 Å². The first kappa shape index (κ1) is 14.5. The highest BCUT2D eigenvalue weighted by Gasteiger charge is 2.41. The Morgan fingerprint density at radius 2 is 2.26 bits per heavy atom. The van der Waals surface area contributed by atoms with Crippen LogP contribution in [-0.4, -0.2) is 34.0 Å². The Morgan fingerprint density at radius 1 is 1.58 bits per heavy atom. The molecule has 0 amide bonds. The lowest BCUT2D eigenvalue weighted by Gasteiger charge is -2.40. The SMILES string of the molecule is CCCC1(C(=O)O)CCN(C(C)c2nccs2)CC1. The van der Waals surface area contributed by atoms with Crippen molar-refractivity contribution in [2.75, 3.05) is 13.1 Å². The minimum absolute atomic E-state index is 0.299. The Labute approximate surface area is 118 Å². The minimum atomic E-state index is -0.615. The van der Waals surface area contributed by atoms with Crippen molar-refractivity contribution in [3.63, 3.8) is 0 Å². The molecule has 0 bridgehead atoms. The van der Waals surface area contributed by atoms with E-state index < -0.39 is 11.4 Å². The lowest BCUT2D eigenvalue weighted by Crippen LogP contribution is -2.45. The van der Waals surface area contributed by atoms with Crippen LogP contribution in [-0.2, 0) is 4.79 Å². The van der Waals surface area contributed by atoms with Crippen molar-refractivity contribution in [3.8, 4) is 0 Å². The van der Waals surface area contributed by atoms with Gasteiger partial charge in [-0.3, -0.25) is 9.69 Å². The third kappa shape index (κ3) is 2.98. The van der Waals surface area contributed by atoms with Crippen molar-refractivity contribution < 1.29 is 9.90 Å². The molecule has 4 nitrogen and oxygen atoms in total. The molecule has 0 saturated carbocycles. The van der Waals surface area contributed by atoms with Gasteiger partial charge in [0.15, 0.2) is 0 Å². The van der Waals surface area contributed by atoms with E-state index in [9.17, 15) is 9.90 Å².